The summed E-state index contributed by atoms with van der Waals surface area (Å²) in [4.78, 5) is 4.08. The SMILES string of the molecule is c1coc(SC2CCCC2)n1. The number of hydrogen-bond acceptors (Lipinski definition) is 3. The number of hydrogen-bond donors (Lipinski definition) is 0. The predicted molar refractivity (Wildman–Crippen MR) is 44.6 cm³/mol. The lowest BCUT2D eigenvalue weighted by Gasteiger charge is -2.02. The van der Waals surface area contributed by atoms with Gasteiger partial charge in [-0.05, 0) is 12.8 Å². The van der Waals surface area contributed by atoms with Gasteiger partial charge in [-0.2, -0.15) is 0 Å². The largest absolute Gasteiger partial charge is 0.440 e. The number of rotatable bonds is 2. The van der Waals surface area contributed by atoms with Gasteiger partial charge in [-0.25, -0.2) is 4.98 Å². The molecule has 1 aliphatic carbocycles. The first-order valence-corrected chi connectivity index (χ1v) is 4.89. The molecular formula is C8H11NOS. The molecule has 0 saturated heterocycles. The molecule has 60 valence electrons. The summed E-state index contributed by atoms with van der Waals surface area (Å²) in [6, 6.07) is 0. The third-order valence-electron chi connectivity index (χ3n) is 1.98. The summed E-state index contributed by atoms with van der Waals surface area (Å²) in [6.07, 6.45) is 8.74. The Morgan fingerprint density at radius 2 is 2.27 bits per heavy atom. The summed E-state index contributed by atoms with van der Waals surface area (Å²) >= 11 is 1.78. The topological polar surface area (TPSA) is 26.0 Å². The van der Waals surface area contributed by atoms with Crippen LogP contribution in [0.25, 0.3) is 0 Å². The van der Waals surface area contributed by atoms with Crippen LogP contribution in [0.3, 0.4) is 0 Å². The van der Waals surface area contributed by atoms with Crippen molar-refractivity contribution < 1.29 is 4.42 Å². The van der Waals surface area contributed by atoms with Crippen molar-refractivity contribution in [2.45, 2.75) is 36.2 Å². The second kappa shape index (κ2) is 3.30. The van der Waals surface area contributed by atoms with E-state index in [2.05, 4.69) is 4.98 Å². The zero-order chi connectivity index (χ0) is 7.52. The van der Waals surface area contributed by atoms with Crippen LogP contribution >= 0.6 is 11.8 Å². The molecule has 0 aliphatic heterocycles. The summed E-state index contributed by atoms with van der Waals surface area (Å²) in [5, 5.41) is 1.59. The molecular weight excluding hydrogens is 158 g/mol. The Labute approximate surface area is 70.4 Å². The first-order chi connectivity index (χ1) is 5.45. The van der Waals surface area contributed by atoms with E-state index in [9.17, 15) is 0 Å². The van der Waals surface area contributed by atoms with E-state index >= 15 is 0 Å². The lowest BCUT2D eigenvalue weighted by molar-refractivity contribution is 0.453. The molecule has 0 atom stereocenters. The molecule has 0 bridgehead atoms. The molecule has 1 aromatic heterocycles. The lowest BCUT2D eigenvalue weighted by atomic mass is 10.4. The van der Waals surface area contributed by atoms with Crippen LogP contribution in [0.4, 0.5) is 0 Å². The Morgan fingerprint density at radius 1 is 1.45 bits per heavy atom. The van der Waals surface area contributed by atoms with E-state index in [0.717, 1.165) is 10.5 Å². The van der Waals surface area contributed by atoms with Gasteiger partial charge in [-0.15, -0.1) is 0 Å². The van der Waals surface area contributed by atoms with Gasteiger partial charge in [0, 0.05) is 5.25 Å². The average molecular weight is 169 g/mol. The van der Waals surface area contributed by atoms with Gasteiger partial charge >= 0.3 is 0 Å². The molecule has 0 spiro atoms. The molecule has 0 N–H and O–H groups in total. The van der Waals surface area contributed by atoms with Crippen LogP contribution in [-0.2, 0) is 0 Å². The smallest absolute Gasteiger partial charge is 0.255 e. The maximum absolute atomic E-state index is 5.15. The molecule has 0 amide bonds. The van der Waals surface area contributed by atoms with Crippen molar-refractivity contribution in [1.29, 1.82) is 0 Å². The predicted octanol–water partition coefficient (Wildman–Crippen LogP) is 2.71. The molecule has 1 aliphatic rings. The Hall–Kier alpha value is -0.440. The Morgan fingerprint density at radius 3 is 2.91 bits per heavy atom. The Balaban J connectivity index is 1.90. The second-order valence-electron chi connectivity index (χ2n) is 2.82. The minimum Gasteiger partial charge on any atom is -0.440 e. The van der Waals surface area contributed by atoms with Crippen LogP contribution in [0.1, 0.15) is 25.7 Å². The zero-order valence-corrected chi connectivity index (χ0v) is 7.14. The molecule has 0 aromatic carbocycles. The van der Waals surface area contributed by atoms with E-state index in [0.29, 0.717) is 0 Å². The van der Waals surface area contributed by atoms with Crippen LogP contribution in [0, 0.1) is 0 Å². The van der Waals surface area contributed by atoms with Gasteiger partial charge in [-0.3, -0.25) is 0 Å². The van der Waals surface area contributed by atoms with Crippen molar-refractivity contribution in [1.82, 2.24) is 4.98 Å². The quantitative estimate of drug-likeness (QED) is 0.680. The normalized spacial score (nSPS) is 19.3. The highest BCUT2D eigenvalue weighted by atomic mass is 32.2. The minimum atomic E-state index is 0.758. The Bertz CT molecular complexity index is 204. The standard InChI is InChI=1S/C8H11NOS/c1-2-4-7(3-1)11-8-9-5-6-10-8/h5-7H,1-4H2. The van der Waals surface area contributed by atoms with E-state index in [1.54, 1.807) is 24.2 Å². The van der Waals surface area contributed by atoms with Crippen molar-refractivity contribution in [2.24, 2.45) is 0 Å². The molecule has 1 heterocycles. The van der Waals surface area contributed by atoms with Gasteiger partial charge in [0.15, 0.2) is 0 Å². The molecule has 3 heteroatoms. The van der Waals surface area contributed by atoms with Gasteiger partial charge in [0.1, 0.15) is 6.26 Å². The summed E-state index contributed by atoms with van der Waals surface area (Å²) in [7, 11) is 0. The number of thioether (sulfide) groups is 1. The molecule has 0 unspecified atom stereocenters. The van der Waals surface area contributed by atoms with Crippen molar-refractivity contribution in [3.63, 3.8) is 0 Å². The summed E-state index contributed by atoms with van der Waals surface area (Å²) < 4.78 is 5.15. The number of oxazole rings is 1. The molecule has 2 nitrogen and oxygen atoms in total. The number of nitrogens with zero attached hydrogens (tertiary/aromatic N) is 1. The van der Waals surface area contributed by atoms with E-state index < -0.39 is 0 Å². The highest BCUT2D eigenvalue weighted by molar-refractivity contribution is 7.99. The fraction of sp³-hybridized carbons (Fsp3) is 0.625. The molecule has 2 rings (SSSR count). The summed E-state index contributed by atoms with van der Waals surface area (Å²) in [5.74, 6) is 0. The van der Waals surface area contributed by atoms with E-state index in [1.807, 2.05) is 0 Å². The fourth-order valence-corrected chi connectivity index (χ4v) is 2.50. The second-order valence-corrected chi connectivity index (χ2v) is 4.07. The van der Waals surface area contributed by atoms with Gasteiger partial charge in [0.2, 0.25) is 0 Å². The van der Waals surface area contributed by atoms with Gasteiger partial charge in [-0.1, -0.05) is 24.6 Å². The summed E-state index contributed by atoms with van der Waals surface area (Å²) in [5.41, 5.74) is 0. The first kappa shape index (κ1) is 7.22. The molecule has 1 aromatic rings. The summed E-state index contributed by atoms with van der Waals surface area (Å²) in [6.45, 7) is 0. The van der Waals surface area contributed by atoms with E-state index in [1.165, 1.54) is 25.7 Å². The first-order valence-electron chi connectivity index (χ1n) is 4.01. The third kappa shape index (κ3) is 1.77. The molecule has 0 radical (unpaired) electrons. The fourth-order valence-electron chi connectivity index (χ4n) is 1.42. The van der Waals surface area contributed by atoms with Gasteiger partial charge in [0.25, 0.3) is 5.22 Å². The van der Waals surface area contributed by atoms with Crippen molar-refractivity contribution in [2.75, 3.05) is 0 Å². The highest BCUT2D eigenvalue weighted by Gasteiger charge is 2.17. The number of aromatic nitrogens is 1. The zero-order valence-electron chi connectivity index (χ0n) is 6.32. The molecule has 1 fully saturated rings. The van der Waals surface area contributed by atoms with Crippen molar-refractivity contribution in [3.8, 4) is 0 Å². The third-order valence-corrected chi connectivity index (χ3v) is 3.19. The lowest BCUT2D eigenvalue weighted by Crippen LogP contribution is -1.92. The van der Waals surface area contributed by atoms with E-state index in [-0.39, 0.29) is 0 Å². The molecule has 11 heavy (non-hydrogen) atoms. The Kier molecular flexibility index (Phi) is 2.17. The minimum absolute atomic E-state index is 0.758. The monoisotopic (exact) mass is 169 g/mol. The van der Waals surface area contributed by atoms with Crippen LogP contribution < -0.4 is 0 Å². The maximum Gasteiger partial charge on any atom is 0.255 e. The van der Waals surface area contributed by atoms with Crippen LogP contribution in [-0.4, -0.2) is 10.2 Å². The maximum atomic E-state index is 5.15. The average Bonchev–Trinajstić information content (AvgIpc) is 2.60. The van der Waals surface area contributed by atoms with Gasteiger partial charge in [0.05, 0.1) is 6.20 Å². The van der Waals surface area contributed by atoms with Crippen molar-refractivity contribution in [3.05, 3.63) is 12.5 Å². The van der Waals surface area contributed by atoms with Crippen LogP contribution in [0.2, 0.25) is 0 Å². The van der Waals surface area contributed by atoms with Gasteiger partial charge < -0.3 is 4.42 Å². The highest BCUT2D eigenvalue weighted by Crippen LogP contribution is 2.33. The van der Waals surface area contributed by atoms with E-state index in [4.69, 9.17) is 4.42 Å². The van der Waals surface area contributed by atoms with Crippen LogP contribution in [0.15, 0.2) is 22.1 Å². The van der Waals surface area contributed by atoms with Crippen molar-refractivity contribution >= 4 is 11.8 Å². The molecule has 1 saturated carbocycles. The van der Waals surface area contributed by atoms with Crippen LogP contribution in [0.5, 0.6) is 0 Å².